The number of nitrogens with one attached hydrogen (secondary N) is 1. The fraction of sp³-hybridized carbons (Fsp3) is 0.571. The lowest BCUT2D eigenvalue weighted by molar-refractivity contribution is 0.266. The maximum atomic E-state index is 9.28. The van der Waals surface area contributed by atoms with Crippen molar-refractivity contribution >= 4 is 5.69 Å². The topological polar surface area (TPSA) is 32.3 Å². The van der Waals surface area contributed by atoms with Gasteiger partial charge in [-0.25, -0.2) is 0 Å². The molecule has 0 aliphatic carbocycles. The monoisotopic (exact) mass is 221 g/mol. The lowest BCUT2D eigenvalue weighted by Gasteiger charge is -2.17. The molecule has 2 N–H and O–H groups in total. The van der Waals surface area contributed by atoms with Crippen LogP contribution in [-0.2, 0) is 0 Å². The fourth-order valence-corrected chi connectivity index (χ4v) is 1.74. The highest BCUT2D eigenvalue weighted by Crippen LogP contribution is 2.13. The van der Waals surface area contributed by atoms with Gasteiger partial charge in [-0.1, -0.05) is 43.9 Å². The van der Waals surface area contributed by atoms with Crippen molar-refractivity contribution < 1.29 is 5.11 Å². The highest BCUT2D eigenvalue weighted by Gasteiger charge is 2.06. The maximum absolute atomic E-state index is 9.28. The van der Waals surface area contributed by atoms with E-state index in [0.29, 0.717) is 0 Å². The van der Waals surface area contributed by atoms with Gasteiger partial charge in [-0.3, -0.25) is 0 Å². The quantitative estimate of drug-likeness (QED) is 0.692. The summed E-state index contributed by atoms with van der Waals surface area (Å²) in [7, 11) is 0. The van der Waals surface area contributed by atoms with Gasteiger partial charge in [-0.05, 0) is 25.5 Å². The summed E-state index contributed by atoms with van der Waals surface area (Å²) >= 11 is 0. The first kappa shape index (κ1) is 13.0. The van der Waals surface area contributed by atoms with Crippen LogP contribution in [0, 0.1) is 6.92 Å². The highest BCUT2D eigenvalue weighted by atomic mass is 16.3. The standard InChI is InChI=1S/C14H23NO/c1-3-4-5-6-14(11-16)15-13-9-7-12(2)8-10-13/h7-10,14-16H,3-6,11H2,1-2H3. The minimum atomic E-state index is 0.189. The van der Waals surface area contributed by atoms with Gasteiger partial charge in [0.05, 0.1) is 6.61 Å². The van der Waals surface area contributed by atoms with Gasteiger partial charge in [0.15, 0.2) is 0 Å². The molecule has 0 fully saturated rings. The number of rotatable bonds is 7. The largest absolute Gasteiger partial charge is 0.394 e. The number of aliphatic hydroxyl groups excluding tert-OH is 1. The molecule has 0 spiro atoms. The van der Waals surface area contributed by atoms with Crippen LogP contribution in [0.2, 0.25) is 0 Å². The number of benzene rings is 1. The van der Waals surface area contributed by atoms with Crippen LogP contribution in [0.4, 0.5) is 5.69 Å². The zero-order valence-electron chi connectivity index (χ0n) is 10.4. The van der Waals surface area contributed by atoms with E-state index in [4.69, 9.17) is 0 Å². The van der Waals surface area contributed by atoms with Crippen molar-refractivity contribution in [2.75, 3.05) is 11.9 Å². The Labute approximate surface area is 98.7 Å². The third-order valence-electron chi connectivity index (χ3n) is 2.80. The van der Waals surface area contributed by atoms with Gasteiger partial charge < -0.3 is 10.4 Å². The smallest absolute Gasteiger partial charge is 0.0632 e. The molecule has 0 saturated heterocycles. The second-order valence-electron chi connectivity index (χ2n) is 4.39. The Morgan fingerprint density at radius 2 is 1.88 bits per heavy atom. The molecule has 0 saturated carbocycles. The molecule has 1 atom stereocenters. The van der Waals surface area contributed by atoms with Crippen molar-refractivity contribution in [1.29, 1.82) is 0 Å². The van der Waals surface area contributed by atoms with Gasteiger partial charge in [-0.2, -0.15) is 0 Å². The normalized spacial score (nSPS) is 12.4. The van der Waals surface area contributed by atoms with E-state index in [1.807, 2.05) is 0 Å². The summed E-state index contributed by atoms with van der Waals surface area (Å²) in [6, 6.07) is 8.50. The Morgan fingerprint density at radius 1 is 1.19 bits per heavy atom. The Bertz CT molecular complexity index is 281. The summed E-state index contributed by atoms with van der Waals surface area (Å²) in [5.41, 5.74) is 2.36. The molecule has 1 aromatic rings. The van der Waals surface area contributed by atoms with E-state index >= 15 is 0 Å². The first-order valence-electron chi connectivity index (χ1n) is 6.20. The molecule has 16 heavy (non-hydrogen) atoms. The van der Waals surface area contributed by atoms with Gasteiger partial charge in [0, 0.05) is 11.7 Å². The zero-order chi connectivity index (χ0) is 11.8. The molecular weight excluding hydrogens is 198 g/mol. The molecule has 0 amide bonds. The Hall–Kier alpha value is -1.02. The minimum absolute atomic E-state index is 0.189. The summed E-state index contributed by atoms with van der Waals surface area (Å²) < 4.78 is 0. The van der Waals surface area contributed by atoms with Crippen molar-refractivity contribution in [3.05, 3.63) is 29.8 Å². The third-order valence-corrected chi connectivity index (χ3v) is 2.80. The molecule has 90 valence electrons. The van der Waals surface area contributed by atoms with Gasteiger partial charge in [0.1, 0.15) is 0 Å². The van der Waals surface area contributed by atoms with Crippen LogP contribution < -0.4 is 5.32 Å². The van der Waals surface area contributed by atoms with Crippen LogP contribution in [0.3, 0.4) is 0 Å². The van der Waals surface area contributed by atoms with Crippen LogP contribution in [0.1, 0.15) is 38.2 Å². The van der Waals surface area contributed by atoms with Gasteiger partial charge >= 0.3 is 0 Å². The van der Waals surface area contributed by atoms with Crippen LogP contribution in [0.25, 0.3) is 0 Å². The average molecular weight is 221 g/mol. The molecular formula is C14H23NO. The lowest BCUT2D eigenvalue weighted by atomic mass is 10.1. The van der Waals surface area contributed by atoms with E-state index in [2.05, 4.69) is 43.4 Å². The van der Waals surface area contributed by atoms with E-state index in [1.54, 1.807) is 0 Å². The summed E-state index contributed by atoms with van der Waals surface area (Å²) in [4.78, 5) is 0. The summed E-state index contributed by atoms with van der Waals surface area (Å²) in [6.45, 7) is 4.48. The number of aliphatic hydroxyl groups is 1. The van der Waals surface area contributed by atoms with Crippen LogP contribution in [0.15, 0.2) is 24.3 Å². The molecule has 1 unspecified atom stereocenters. The number of hydrogen-bond acceptors (Lipinski definition) is 2. The zero-order valence-corrected chi connectivity index (χ0v) is 10.4. The predicted molar refractivity (Wildman–Crippen MR) is 69.8 cm³/mol. The summed E-state index contributed by atoms with van der Waals surface area (Å²) in [5, 5.41) is 12.6. The molecule has 0 aliphatic heterocycles. The van der Waals surface area contributed by atoms with Gasteiger partial charge in [-0.15, -0.1) is 0 Å². The second-order valence-corrected chi connectivity index (χ2v) is 4.39. The first-order valence-corrected chi connectivity index (χ1v) is 6.20. The molecule has 2 nitrogen and oxygen atoms in total. The molecule has 0 aliphatic rings. The summed E-state index contributed by atoms with van der Waals surface area (Å²) in [6.07, 6.45) is 4.69. The molecule has 0 heterocycles. The maximum Gasteiger partial charge on any atom is 0.0632 e. The lowest BCUT2D eigenvalue weighted by Crippen LogP contribution is -2.23. The summed E-state index contributed by atoms with van der Waals surface area (Å²) in [5.74, 6) is 0. The van der Waals surface area contributed by atoms with Crippen molar-refractivity contribution in [3.8, 4) is 0 Å². The van der Waals surface area contributed by atoms with E-state index in [9.17, 15) is 5.11 Å². The third kappa shape index (κ3) is 4.67. The minimum Gasteiger partial charge on any atom is -0.394 e. The molecule has 0 aromatic heterocycles. The molecule has 1 rings (SSSR count). The molecule has 0 bridgehead atoms. The Morgan fingerprint density at radius 3 is 2.44 bits per heavy atom. The number of anilines is 1. The van der Waals surface area contributed by atoms with Crippen molar-refractivity contribution in [2.24, 2.45) is 0 Å². The van der Waals surface area contributed by atoms with Gasteiger partial charge in [0.25, 0.3) is 0 Å². The Balaban J connectivity index is 2.40. The van der Waals surface area contributed by atoms with Crippen molar-refractivity contribution in [1.82, 2.24) is 0 Å². The predicted octanol–water partition coefficient (Wildman–Crippen LogP) is 3.35. The Kier molecular flexibility index (Phi) is 5.94. The first-order chi connectivity index (χ1) is 7.76. The number of aryl methyl sites for hydroxylation is 1. The van der Waals surface area contributed by atoms with Crippen LogP contribution in [-0.4, -0.2) is 17.8 Å². The fourth-order valence-electron chi connectivity index (χ4n) is 1.74. The van der Waals surface area contributed by atoms with Crippen LogP contribution >= 0.6 is 0 Å². The van der Waals surface area contributed by atoms with E-state index < -0.39 is 0 Å². The van der Waals surface area contributed by atoms with Crippen LogP contribution in [0.5, 0.6) is 0 Å². The molecule has 2 heteroatoms. The number of unbranched alkanes of at least 4 members (excludes halogenated alkanes) is 2. The van der Waals surface area contributed by atoms with E-state index in [1.165, 1.54) is 24.8 Å². The molecule has 0 radical (unpaired) electrons. The molecule has 1 aromatic carbocycles. The SMILES string of the molecule is CCCCCC(CO)Nc1ccc(C)cc1. The second kappa shape index (κ2) is 7.29. The van der Waals surface area contributed by atoms with Crippen molar-refractivity contribution in [3.63, 3.8) is 0 Å². The van der Waals surface area contributed by atoms with E-state index in [-0.39, 0.29) is 12.6 Å². The van der Waals surface area contributed by atoms with E-state index in [0.717, 1.165) is 12.1 Å². The van der Waals surface area contributed by atoms with Crippen molar-refractivity contribution in [2.45, 2.75) is 45.6 Å². The average Bonchev–Trinajstić information content (AvgIpc) is 2.31. The number of hydrogen-bond donors (Lipinski definition) is 2. The highest BCUT2D eigenvalue weighted by molar-refractivity contribution is 5.45. The van der Waals surface area contributed by atoms with Gasteiger partial charge in [0.2, 0.25) is 0 Å².